The van der Waals surface area contributed by atoms with Gasteiger partial charge in [-0.05, 0) is 18.6 Å². The number of aromatic nitrogens is 1. The van der Waals surface area contributed by atoms with E-state index in [4.69, 9.17) is 4.74 Å². The van der Waals surface area contributed by atoms with Crippen LogP contribution in [0.3, 0.4) is 0 Å². The summed E-state index contributed by atoms with van der Waals surface area (Å²) >= 11 is 0. The number of ether oxygens (including phenoxy) is 1. The van der Waals surface area contributed by atoms with Crippen LogP contribution in [0.1, 0.15) is 31.6 Å². The molecule has 1 atom stereocenters. The summed E-state index contributed by atoms with van der Waals surface area (Å²) in [6, 6.07) is 4.09. The Morgan fingerprint density at radius 2 is 2.20 bits per heavy atom. The molecule has 1 aromatic rings. The van der Waals surface area contributed by atoms with Gasteiger partial charge in [0.25, 0.3) is 0 Å². The molecule has 3 nitrogen and oxygen atoms in total. The largest absolute Gasteiger partial charge is 0.378 e. The molecule has 0 aromatic carbocycles. The second kappa shape index (κ2) is 5.71. The lowest BCUT2D eigenvalue weighted by atomic mass is 10.1. The van der Waals surface area contributed by atoms with E-state index in [1.807, 2.05) is 26.4 Å². The van der Waals surface area contributed by atoms with E-state index in [9.17, 15) is 0 Å². The molecule has 1 rings (SSSR count). The summed E-state index contributed by atoms with van der Waals surface area (Å²) in [6.45, 7) is 2.15. The highest BCUT2D eigenvalue weighted by molar-refractivity contribution is 5.45. The maximum atomic E-state index is 5.43. The highest BCUT2D eigenvalue weighted by atomic mass is 16.5. The number of rotatable bonds is 5. The number of methoxy groups -OCH3 is 1. The zero-order valence-corrected chi connectivity index (χ0v) is 10.0. The van der Waals surface area contributed by atoms with Gasteiger partial charge in [0, 0.05) is 33.1 Å². The summed E-state index contributed by atoms with van der Waals surface area (Å²) in [5, 5.41) is 0. The first-order valence-electron chi connectivity index (χ1n) is 5.35. The standard InChI is InChI=1S/C12H20N2O/c1-5-6-12(15-4)11-9-10(14(2)3)7-8-13-11/h7-9,12H,5-6H2,1-4H3/t12-/m0/s1. The molecule has 1 heterocycles. The highest BCUT2D eigenvalue weighted by Crippen LogP contribution is 2.22. The zero-order chi connectivity index (χ0) is 11.3. The van der Waals surface area contributed by atoms with E-state index >= 15 is 0 Å². The molecule has 0 radical (unpaired) electrons. The summed E-state index contributed by atoms with van der Waals surface area (Å²) in [4.78, 5) is 6.43. The molecule has 0 amide bonds. The van der Waals surface area contributed by atoms with Gasteiger partial charge < -0.3 is 9.64 Å². The van der Waals surface area contributed by atoms with E-state index in [2.05, 4.69) is 22.9 Å². The summed E-state index contributed by atoms with van der Waals surface area (Å²) < 4.78 is 5.43. The van der Waals surface area contributed by atoms with Gasteiger partial charge >= 0.3 is 0 Å². The average Bonchev–Trinajstić information content (AvgIpc) is 2.26. The molecule has 0 aliphatic rings. The number of nitrogens with zero attached hydrogens (tertiary/aromatic N) is 2. The third kappa shape index (κ3) is 3.20. The Morgan fingerprint density at radius 1 is 1.47 bits per heavy atom. The van der Waals surface area contributed by atoms with E-state index in [0.29, 0.717) is 0 Å². The Bertz CT molecular complexity index is 299. The summed E-state index contributed by atoms with van der Waals surface area (Å²) in [5.41, 5.74) is 2.18. The van der Waals surface area contributed by atoms with Gasteiger partial charge in [-0.15, -0.1) is 0 Å². The lowest BCUT2D eigenvalue weighted by Crippen LogP contribution is -2.11. The van der Waals surface area contributed by atoms with Gasteiger partial charge in [0.15, 0.2) is 0 Å². The van der Waals surface area contributed by atoms with Crippen LogP contribution in [0.25, 0.3) is 0 Å². The minimum Gasteiger partial charge on any atom is -0.378 e. The van der Waals surface area contributed by atoms with Crippen LogP contribution in [0.5, 0.6) is 0 Å². The number of anilines is 1. The van der Waals surface area contributed by atoms with Crippen LogP contribution < -0.4 is 4.90 Å². The molecule has 0 saturated carbocycles. The molecule has 0 bridgehead atoms. The Kier molecular flexibility index (Phi) is 4.56. The fourth-order valence-electron chi connectivity index (χ4n) is 1.54. The number of hydrogen-bond donors (Lipinski definition) is 0. The molecule has 0 aliphatic carbocycles. The summed E-state index contributed by atoms with van der Waals surface area (Å²) in [5.74, 6) is 0. The lowest BCUT2D eigenvalue weighted by Gasteiger charge is -2.17. The van der Waals surface area contributed by atoms with Crippen molar-refractivity contribution in [2.75, 3.05) is 26.1 Å². The van der Waals surface area contributed by atoms with Crippen molar-refractivity contribution in [2.24, 2.45) is 0 Å². The molecule has 0 saturated heterocycles. The minimum absolute atomic E-state index is 0.120. The van der Waals surface area contributed by atoms with E-state index in [-0.39, 0.29) is 6.10 Å². The van der Waals surface area contributed by atoms with Gasteiger partial charge in [0.1, 0.15) is 0 Å². The number of hydrogen-bond acceptors (Lipinski definition) is 3. The molecule has 15 heavy (non-hydrogen) atoms. The molecule has 0 unspecified atom stereocenters. The minimum atomic E-state index is 0.120. The predicted molar refractivity (Wildman–Crippen MR) is 63.2 cm³/mol. The predicted octanol–water partition coefficient (Wildman–Crippen LogP) is 2.64. The van der Waals surface area contributed by atoms with Crippen LogP contribution in [0.15, 0.2) is 18.3 Å². The second-order valence-electron chi connectivity index (χ2n) is 3.85. The van der Waals surface area contributed by atoms with Gasteiger partial charge in [0.2, 0.25) is 0 Å². The average molecular weight is 208 g/mol. The molecule has 0 N–H and O–H groups in total. The van der Waals surface area contributed by atoms with Gasteiger partial charge in [0.05, 0.1) is 11.8 Å². The first kappa shape index (κ1) is 12.0. The molecule has 0 fully saturated rings. The fraction of sp³-hybridized carbons (Fsp3) is 0.583. The first-order chi connectivity index (χ1) is 7.19. The molecular formula is C12H20N2O. The Balaban J connectivity index is 2.87. The van der Waals surface area contributed by atoms with Crippen LogP contribution in [0.4, 0.5) is 5.69 Å². The Hall–Kier alpha value is -1.09. The summed E-state index contributed by atoms with van der Waals surface area (Å²) in [7, 11) is 5.80. The topological polar surface area (TPSA) is 25.4 Å². The molecule has 0 spiro atoms. The van der Waals surface area contributed by atoms with Crippen molar-refractivity contribution >= 4 is 5.69 Å². The SMILES string of the molecule is CCC[C@H](OC)c1cc(N(C)C)ccn1. The highest BCUT2D eigenvalue weighted by Gasteiger charge is 2.11. The van der Waals surface area contributed by atoms with Crippen LogP contribution in [0.2, 0.25) is 0 Å². The smallest absolute Gasteiger partial charge is 0.0991 e. The van der Waals surface area contributed by atoms with Crippen LogP contribution in [-0.2, 0) is 4.74 Å². The van der Waals surface area contributed by atoms with Gasteiger partial charge in [-0.25, -0.2) is 0 Å². The van der Waals surface area contributed by atoms with Gasteiger partial charge in [-0.1, -0.05) is 13.3 Å². The Morgan fingerprint density at radius 3 is 2.73 bits per heavy atom. The molecule has 84 valence electrons. The summed E-state index contributed by atoms with van der Waals surface area (Å²) in [6.07, 6.45) is 4.08. The molecule has 1 aromatic heterocycles. The van der Waals surface area contributed by atoms with Crippen molar-refractivity contribution in [3.05, 3.63) is 24.0 Å². The monoisotopic (exact) mass is 208 g/mol. The molecule has 3 heteroatoms. The van der Waals surface area contributed by atoms with Gasteiger partial charge in [-0.2, -0.15) is 0 Å². The third-order valence-corrected chi connectivity index (χ3v) is 2.45. The fourth-order valence-corrected chi connectivity index (χ4v) is 1.54. The van der Waals surface area contributed by atoms with Crippen molar-refractivity contribution in [2.45, 2.75) is 25.9 Å². The lowest BCUT2D eigenvalue weighted by molar-refractivity contribution is 0.0915. The first-order valence-corrected chi connectivity index (χ1v) is 5.35. The van der Waals surface area contributed by atoms with Gasteiger partial charge in [-0.3, -0.25) is 4.98 Å². The van der Waals surface area contributed by atoms with Crippen molar-refractivity contribution in [1.82, 2.24) is 4.98 Å². The van der Waals surface area contributed by atoms with Crippen molar-refractivity contribution in [3.63, 3.8) is 0 Å². The zero-order valence-electron chi connectivity index (χ0n) is 10.0. The van der Waals surface area contributed by atoms with Crippen molar-refractivity contribution in [3.8, 4) is 0 Å². The molecular weight excluding hydrogens is 188 g/mol. The van der Waals surface area contributed by atoms with Crippen LogP contribution in [-0.4, -0.2) is 26.2 Å². The second-order valence-corrected chi connectivity index (χ2v) is 3.85. The van der Waals surface area contributed by atoms with E-state index in [0.717, 1.165) is 24.2 Å². The van der Waals surface area contributed by atoms with E-state index < -0.39 is 0 Å². The van der Waals surface area contributed by atoms with Crippen LogP contribution >= 0.6 is 0 Å². The van der Waals surface area contributed by atoms with Crippen LogP contribution in [0, 0.1) is 0 Å². The van der Waals surface area contributed by atoms with E-state index in [1.165, 1.54) is 0 Å². The quantitative estimate of drug-likeness (QED) is 0.743. The van der Waals surface area contributed by atoms with Crippen molar-refractivity contribution < 1.29 is 4.74 Å². The third-order valence-electron chi connectivity index (χ3n) is 2.45. The maximum absolute atomic E-state index is 5.43. The van der Waals surface area contributed by atoms with Crippen molar-refractivity contribution in [1.29, 1.82) is 0 Å². The van der Waals surface area contributed by atoms with E-state index in [1.54, 1.807) is 7.11 Å². The molecule has 0 aliphatic heterocycles. The normalized spacial score (nSPS) is 12.5. The maximum Gasteiger partial charge on any atom is 0.0991 e. The Labute approximate surface area is 92.1 Å². The number of pyridine rings is 1.